The molecule has 2 unspecified atom stereocenters. The predicted molar refractivity (Wildman–Crippen MR) is 87.7 cm³/mol. The highest BCUT2D eigenvalue weighted by Gasteiger charge is 2.21. The zero-order chi connectivity index (χ0) is 15.2. The molecule has 0 aromatic rings. The molecule has 0 radical (unpaired) electrons. The van der Waals surface area contributed by atoms with E-state index in [0.29, 0.717) is 11.7 Å². The molecule has 3 N–H and O–H groups in total. The molecule has 20 heavy (non-hydrogen) atoms. The molecule has 1 amide bonds. The number of hydrogen-bond acceptors (Lipinski definition) is 4. The largest absolute Gasteiger partial charge is 0.350 e. The topological polar surface area (TPSA) is 64.3 Å². The molecule has 0 aliphatic carbocycles. The van der Waals surface area contributed by atoms with Crippen molar-refractivity contribution in [3.8, 4) is 0 Å². The Morgan fingerprint density at radius 1 is 1.15 bits per heavy atom. The van der Waals surface area contributed by atoms with Gasteiger partial charge in [-0.05, 0) is 18.8 Å². The quantitative estimate of drug-likeness (QED) is 0.278. The summed E-state index contributed by atoms with van der Waals surface area (Å²) in [6, 6.07) is 0.118. The van der Waals surface area contributed by atoms with Crippen LogP contribution < -0.4 is 11.2 Å². The molecule has 0 saturated carbocycles. The molecular formula is C15H32N2O2S. The summed E-state index contributed by atoms with van der Waals surface area (Å²) < 4.78 is 0. The number of carbonyl (C=O) groups is 1. The van der Waals surface area contributed by atoms with Gasteiger partial charge in [0, 0.05) is 11.8 Å². The minimum atomic E-state index is -0.154. The van der Waals surface area contributed by atoms with Crippen LogP contribution in [0.15, 0.2) is 0 Å². The minimum absolute atomic E-state index is 0.0837. The zero-order valence-corrected chi connectivity index (χ0v) is 14.0. The molecule has 0 aliphatic heterocycles. The lowest BCUT2D eigenvalue weighted by Crippen LogP contribution is -2.43. The third kappa shape index (κ3) is 9.61. The molecule has 0 rings (SSSR count). The summed E-state index contributed by atoms with van der Waals surface area (Å²) in [6.07, 6.45) is 9.84. The Balaban J connectivity index is 4.18. The molecule has 0 aromatic heterocycles. The number of nitrogens with two attached hydrogens (primary N) is 1. The van der Waals surface area contributed by atoms with Gasteiger partial charge in [0.2, 0.25) is 5.91 Å². The van der Waals surface area contributed by atoms with Crippen LogP contribution in [-0.4, -0.2) is 24.3 Å². The van der Waals surface area contributed by atoms with E-state index < -0.39 is 0 Å². The number of hydrogen-bond donors (Lipinski definition) is 3. The van der Waals surface area contributed by atoms with Crippen molar-refractivity contribution < 1.29 is 9.63 Å². The van der Waals surface area contributed by atoms with E-state index in [0.717, 1.165) is 19.3 Å². The van der Waals surface area contributed by atoms with E-state index >= 15 is 0 Å². The minimum Gasteiger partial charge on any atom is -0.350 e. The van der Waals surface area contributed by atoms with Crippen LogP contribution in [0.25, 0.3) is 0 Å². The van der Waals surface area contributed by atoms with Crippen molar-refractivity contribution in [2.45, 2.75) is 71.3 Å². The lowest BCUT2D eigenvalue weighted by atomic mass is 9.90. The summed E-state index contributed by atoms with van der Waals surface area (Å²) in [5.41, 5.74) is 0. The molecule has 0 fully saturated rings. The van der Waals surface area contributed by atoms with Gasteiger partial charge in [-0.2, -0.15) is 12.6 Å². The van der Waals surface area contributed by atoms with Crippen molar-refractivity contribution >= 4 is 18.5 Å². The highest BCUT2D eigenvalue weighted by atomic mass is 32.1. The van der Waals surface area contributed by atoms with Gasteiger partial charge in [0.15, 0.2) is 0 Å². The first-order valence-electron chi connectivity index (χ1n) is 7.91. The standard InChI is InChI=1S/C15H32N2O2S/c1-3-5-6-7-8-10-13(9-4-2)14(12-20)17-15(18)11-19-16/h13-14,20H,3-12,16H2,1-2H3,(H,17,18). The summed E-state index contributed by atoms with van der Waals surface area (Å²) >= 11 is 4.38. The van der Waals surface area contributed by atoms with E-state index in [9.17, 15) is 4.79 Å². The van der Waals surface area contributed by atoms with Crippen molar-refractivity contribution in [3.05, 3.63) is 0 Å². The molecular weight excluding hydrogens is 272 g/mol. The van der Waals surface area contributed by atoms with E-state index in [-0.39, 0.29) is 18.6 Å². The van der Waals surface area contributed by atoms with Crippen molar-refractivity contribution in [2.24, 2.45) is 11.8 Å². The van der Waals surface area contributed by atoms with Crippen molar-refractivity contribution in [1.82, 2.24) is 5.32 Å². The third-order valence-corrected chi connectivity index (χ3v) is 4.06. The lowest BCUT2D eigenvalue weighted by Gasteiger charge is -2.26. The number of unbranched alkanes of at least 4 members (excludes halogenated alkanes) is 4. The van der Waals surface area contributed by atoms with E-state index in [1.165, 1.54) is 32.1 Å². The Labute approximate surface area is 129 Å². The maximum absolute atomic E-state index is 11.6. The van der Waals surface area contributed by atoms with Crippen LogP contribution in [-0.2, 0) is 9.63 Å². The van der Waals surface area contributed by atoms with Crippen molar-refractivity contribution in [3.63, 3.8) is 0 Å². The number of rotatable bonds is 13. The fraction of sp³-hybridized carbons (Fsp3) is 0.933. The van der Waals surface area contributed by atoms with Gasteiger partial charge in [0.05, 0.1) is 0 Å². The fourth-order valence-corrected chi connectivity index (χ4v) is 2.95. The molecule has 0 saturated heterocycles. The number of nitrogens with one attached hydrogen (secondary N) is 1. The summed E-state index contributed by atoms with van der Waals surface area (Å²) in [5.74, 6) is 5.94. The third-order valence-electron chi connectivity index (χ3n) is 3.66. The highest BCUT2D eigenvalue weighted by Crippen LogP contribution is 2.21. The summed E-state index contributed by atoms with van der Waals surface area (Å²) in [6.45, 7) is 4.33. The van der Waals surface area contributed by atoms with Gasteiger partial charge in [0.1, 0.15) is 6.61 Å². The van der Waals surface area contributed by atoms with Crippen molar-refractivity contribution in [2.75, 3.05) is 12.4 Å². The normalized spacial score (nSPS) is 14.0. The summed E-state index contributed by atoms with van der Waals surface area (Å²) in [4.78, 5) is 16.0. The second-order valence-corrected chi connectivity index (χ2v) is 5.78. The molecule has 2 atom stereocenters. The first kappa shape index (κ1) is 19.7. The monoisotopic (exact) mass is 304 g/mol. The van der Waals surface area contributed by atoms with Crippen LogP contribution in [0.3, 0.4) is 0 Å². The molecule has 0 bridgehead atoms. The van der Waals surface area contributed by atoms with E-state index in [1.807, 2.05) is 0 Å². The molecule has 0 spiro atoms. The van der Waals surface area contributed by atoms with Gasteiger partial charge >= 0.3 is 0 Å². The Morgan fingerprint density at radius 3 is 2.40 bits per heavy atom. The molecule has 0 aromatic carbocycles. The van der Waals surface area contributed by atoms with Crippen LogP contribution in [0.1, 0.15) is 65.2 Å². The fourth-order valence-electron chi connectivity index (χ4n) is 2.56. The molecule has 0 aliphatic rings. The maximum Gasteiger partial charge on any atom is 0.248 e. The lowest BCUT2D eigenvalue weighted by molar-refractivity contribution is -0.126. The molecule has 0 heterocycles. The maximum atomic E-state index is 11.6. The van der Waals surface area contributed by atoms with Gasteiger partial charge in [-0.3, -0.25) is 9.63 Å². The number of amides is 1. The van der Waals surface area contributed by atoms with Crippen LogP contribution in [0.4, 0.5) is 0 Å². The Morgan fingerprint density at radius 2 is 1.85 bits per heavy atom. The van der Waals surface area contributed by atoms with Crippen LogP contribution in [0.5, 0.6) is 0 Å². The molecule has 5 heteroatoms. The second-order valence-electron chi connectivity index (χ2n) is 5.42. The summed E-state index contributed by atoms with van der Waals surface area (Å²) in [7, 11) is 0. The summed E-state index contributed by atoms with van der Waals surface area (Å²) in [5, 5.41) is 2.98. The average molecular weight is 305 g/mol. The van der Waals surface area contributed by atoms with E-state index in [2.05, 4.69) is 36.6 Å². The SMILES string of the molecule is CCCCCCCC(CCC)C(CS)NC(=O)CON. The second kappa shape index (κ2) is 13.7. The van der Waals surface area contributed by atoms with Crippen LogP contribution >= 0.6 is 12.6 Å². The first-order valence-corrected chi connectivity index (χ1v) is 8.54. The molecule has 120 valence electrons. The van der Waals surface area contributed by atoms with Crippen molar-refractivity contribution in [1.29, 1.82) is 0 Å². The van der Waals surface area contributed by atoms with E-state index in [1.54, 1.807) is 0 Å². The van der Waals surface area contributed by atoms with E-state index in [4.69, 9.17) is 5.90 Å². The first-order chi connectivity index (χ1) is 9.69. The smallest absolute Gasteiger partial charge is 0.248 e. The molecule has 4 nitrogen and oxygen atoms in total. The van der Waals surface area contributed by atoms with Gasteiger partial charge in [-0.25, -0.2) is 5.90 Å². The average Bonchev–Trinajstić information content (AvgIpc) is 2.44. The van der Waals surface area contributed by atoms with Gasteiger partial charge < -0.3 is 5.32 Å². The Kier molecular flexibility index (Phi) is 13.5. The number of carbonyl (C=O) groups excluding carboxylic acids is 1. The van der Waals surface area contributed by atoms with Gasteiger partial charge in [-0.1, -0.05) is 52.4 Å². The highest BCUT2D eigenvalue weighted by molar-refractivity contribution is 7.80. The van der Waals surface area contributed by atoms with Crippen LogP contribution in [0, 0.1) is 5.92 Å². The predicted octanol–water partition coefficient (Wildman–Crippen LogP) is 3.07. The van der Waals surface area contributed by atoms with Gasteiger partial charge in [-0.15, -0.1) is 0 Å². The Bertz CT molecular complexity index is 240. The van der Waals surface area contributed by atoms with Crippen LogP contribution in [0.2, 0.25) is 0 Å². The van der Waals surface area contributed by atoms with Gasteiger partial charge in [0.25, 0.3) is 0 Å². The number of thiol groups is 1. The zero-order valence-electron chi connectivity index (χ0n) is 13.1. The Hall–Kier alpha value is -0.260.